The lowest BCUT2D eigenvalue weighted by atomic mass is 10.2. The maximum absolute atomic E-state index is 11.9. The van der Waals surface area contributed by atoms with Crippen LogP contribution in [0.2, 0.25) is 0 Å². The smallest absolute Gasteiger partial charge is 0.285 e. The van der Waals surface area contributed by atoms with Crippen molar-refractivity contribution in [3.63, 3.8) is 0 Å². The maximum atomic E-state index is 11.9. The van der Waals surface area contributed by atoms with E-state index >= 15 is 0 Å². The second kappa shape index (κ2) is 6.04. The van der Waals surface area contributed by atoms with Crippen LogP contribution in [0.15, 0.2) is 45.9 Å². The van der Waals surface area contributed by atoms with Crippen LogP contribution < -0.4 is 10.9 Å². The van der Waals surface area contributed by atoms with Crippen LogP contribution in [0.25, 0.3) is 0 Å². The monoisotopic (exact) mass is 291 g/mol. The second-order valence-electron chi connectivity index (χ2n) is 4.42. The molecule has 2 rings (SSSR count). The van der Waals surface area contributed by atoms with E-state index in [-0.39, 0.29) is 18.3 Å². The van der Waals surface area contributed by atoms with Crippen molar-refractivity contribution < 1.29 is 14.1 Å². The first-order valence-electron chi connectivity index (χ1n) is 6.15. The molecule has 2 aromatic rings. The van der Waals surface area contributed by atoms with Crippen molar-refractivity contribution in [3.8, 4) is 0 Å². The number of hydrogen-bond donors (Lipinski definition) is 1. The second-order valence-corrected chi connectivity index (χ2v) is 4.42. The predicted molar refractivity (Wildman–Crippen MR) is 72.6 cm³/mol. The summed E-state index contributed by atoms with van der Waals surface area (Å²) >= 11 is 0. The zero-order valence-corrected chi connectivity index (χ0v) is 11.2. The summed E-state index contributed by atoms with van der Waals surface area (Å²) in [5, 5.41) is 13.3. The Labute approximate surface area is 119 Å². The third-order valence-electron chi connectivity index (χ3n) is 2.84. The first-order valence-corrected chi connectivity index (χ1v) is 6.15. The Hall–Kier alpha value is -2.90. The van der Waals surface area contributed by atoms with E-state index in [0.717, 1.165) is 22.9 Å². The molecule has 110 valence electrons. The molecular formula is C13H13N3O5. The van der Waals surface area contributed by atoms with E-state index in [9.17, 15) is 19.7 Å². The molecule has 0 saturated carbocycles. The van der Waals surface area contributed by atoms with Crippen LogP contribution in [-0.2, 0) is 11.3 Å². The standard InChI is InChI=1S/C13H13N3O5/c1-9(11-3-2-6-21-11)14-12(17)8-15-7-10(16(19)20)4-5-13(15)18/h2-7,9H,8H2,1H3,(H,14,17)/t9-/m1/s1. The fourth-order valence-electron chi connectivity index (χ4n) is 1.80. The van der Waals surface area contributed by atoms with Crippen molar-refractivity contribution in [2.45, 2.75) is 19.5 Å². The highest BCUT2D eigenvalue weighted by atomic mass is 16.6. The number of nitrogens with zero attached hydrogens (tertiary/aromatic N) is 2. The highest BCUT2D eigenvalue weighted by molar-refractivity contribution is 5.76. The Morgan fingerprint density at radius 2 is 2.24 bits per heavy atom. The summed E-state index contributed by atoms with van der Waals surface area (Å²) in [6.45, 7) is 1.43. The Morgan fingerprint density at radius 1 is 1.48 bits per heavy atom. The molecule has 8 heteroatoms. The van der Waals surface area contributed by atoms with Gasteiger partial charge < -0.3 is 9.73 Å². The Balaban J connectivity index is 2.07. The summed E-state index contributed by atoms with van der Waals surface area (Å²) in [6.07, 6.45) is 2.53. The van der Waals surface area contributed by atoms with Crippen molar-refractivity contribution in [3.05, 3.63) is 63.0 Å². The minimum absolute atomic E-state index is 0.249. The Bertz CT molecular complexity index is 705. The van der Waals surface area contributed by atoms with Gasteiger partial charge in [0.1, 0.15) is 12.3 Å². The van der Waals surface area contributed by atoms with E-state index in [1.54, 1.807) is 19.1 Å². The van der Waals surface area contributed by atoms with Crippen LogP contribution in [-0.4, -0.2) is 15.4 Å². The Kier molecular flexibility index (Phi) is 4.17. The van der Waals surface area contributed by atoms with Gasteiger partial charge in [-0.25, -0.2) is 0 Å². The fourth-order valence-corrected chi connectivity index (χ4v) is 1.80. The summed E-state index contributed by atoms with van der Waals surface area (Å²) in [5.41, 5.74) is -0.733. The van der Waals surface area contributed by atoms with Crippen LogP contribution in [0.3, 0.4) is 0 Å². The van der Waals surface area contributed by atoms with Gasteiger partial charge in [-0.05, 0) is 19.1 Å². The van der Waals surface area contributed by atoms with Crippen molar-refractivity contribution in [2.75, 3.05) is 0 Å². The third kappa shape index (κ3) is 3.56. The van der Waals surface area contributed by atoms with Crippen LogP contribution in [0.5, 0.6) is 0 Å². The van der Waals surface area contributed by atoms with Gasteiger partial charge in [0.15, 0.2) is 0 Å². The zero-order valence-electron chi connectivity index (χ0n) is 11.2. The summed E-state index contributed by atoms with van der Waals surface area (Å²) < 4.78 is 6.14. The van der Waals surface area contributed by atoms with Gasteiger partial charge in [-0.15, -0.1) is 0 Å². The molecule has 0 bridgehead atoms. The van der Waals surface area contributed by atoms with E-state index in [2.05, 4.69) is 5.32 Å². The van der Waals surface area contributed by atoms with Gasteiger partial charge in [0, 0.05) is 12.1 Å². The van der Waals surface area contributed by atoms with E-state index in [0.29, 0.717) is 5.76 Å². The normalized spacial score (nSPS) is 11.9. The lowest BCUT2D eigenvalue weighted by molar-refractivity contribution is -0.385. The van der Waals surface area contributed by atoms with Crippen LogP contribution >= 0.6 is 0 Å². The molecule has 21 heavy (non-hydrogen) atoms. The van der Waals surface area contributed by atoms with Crippen molar-refractivity contribution in [2.24, 2.45) is 0 Å². The van der Waals surface area contributed by atoms with Crippen molar-refractivity contribution in [1.82, 2.24) is 9.88 Å². The summed E-state index contributed by atoms with van der Waals surface area (Å²) in [4.78, 5) is 33.5. The van der Waals surface area contributed by atoms with Crippen LogP contribution in [0.1, 0.15) is 18.7 Å². The van der Waals surface area contributed by atoms with Crippen molar-refractivity contribution >= 4 is 11.6 Å². The molecule has 0 spiro atoms. The first kappa shape index (κ1) is 14.5. The molecule has 1 atom stereocenters. The fraction of sp³-hybridized carbons (Fsp3) is 0.231. The lowest BCUT2D eigenvalue weighted by Gasteiger charge is -2.12. The van der Waals surface area contributed by atoms with E-state index in [4.69, 9.17) is 4.42 Å². The highest BCUT2D eigenvalue weighted by Gasteiger charge is 2.14. The number of aromatic nitrogens is 1. The zero-order chi connectivity index (χ0) is 15.4. The van der Waals surface area contributed by atoms with Gasteiger partial charge >= 0.3 is 0 Å². The molecular weight excluding hydrogens is 278 g/mol. The van der Waals surface area contributed by atoms with Gasteiger partial charge in [0.05, 0.1) is 23.4 Å². The third-order valence-corrected chi connectivity index (χ3v) is 2.84. The number of nitrogens with one attached hydrogen (secondary N) is 1. The molecule has 0 fully saturated rings. The number of carbonyl (C=O) groups is 1. The molecule has 0 radical (unpaired) electrons. The summed E-state index contributed by atoms with van der Waals surface area (Å²) in [5.74, 6) is 0.135. The molecule has 8 nitrogen and oxygen atoms in total. The molecule has 2 aromatic heterocycles. The van der Waals surface area contributed by atoms with Gasteiger partial charge in [0.2, 0.25) is 5.91 Å². The lowest BCUT2D eigenvalue weighted by Crippen LogP contribution is -2.33. The SMILES string of the molecule is C[C@@H](NC(=O)Cn1cc([N+](=O)[O-])ccc1=O)c1ccco1. The number of rotatable bonds is 5. The Morgan fingerprint density at radius 3 is 2.86 bits per heavy atom. The largest absolute Gasteiger partial charge is 0.467 e. The number of furan rings is 1. The quantitative estimate of drug-likeness (QED) is 0.658. The van der Waals surface area contributed by atoms with Gasteiger partial charge in [0.25, 0.3) is 11.2 Å². The minimum Gasteiger partial charge on any atom is -0.467 e. The minimum atomic E-state index is -0.626. The van der Waals surface area contributed by atoms with Gasteiger partial charge in [-0.2, -0.15) is 0 Å². The summed E-state index contributed by atoms with van der Waals surface area (Å²) in [7, 11) is 0. The highest BCUT2D eigenvalue weighted by Crippen LogP contribution is 2.12. The molecule has 0 unspecified atom stereocenters. The average molecular weight is 291 g/mol. The van der Waals surface area contributed by atoms with E-state index in [1.165, 1.54) is 6.26 Å². The molecule has 0 aromatic carbocycles. The van der Waals surface area contributed by atoms with Crippen LogP contribution in [0, 0.1) is 10.1 Å². The number of amides is 1. The molecule has 0 aliphatic carbocycles. The number of hydrogen-bond acceptors (Lipinski definition) is 5. The topological polar surface area (TPSA) is 107 Å². The van der Waals surface area contributed by atoms with Gasteiger partial charge in [-0.1, -0.05) is 0 Å². The molecule has 0 aliphatic rings. The average Bonchev–Trinajstić information content (AvgIpc) is 2.95. The van der Waals surface area contributed by atoms with Crippen LogP contribution in [0.4, 0.5) is 5.69 Å². The number of pyridine rings is 1. The predicted octanol–water partition coefficient (Wildman–Crippen LogP) is 1.23. The number of carbonyl (C=O) groups excluding carboxylic acids is 1. The first-order chi connectivity index (χ1) is 9.97. The molecule has 0 saturated heterocycles. The van der Waals surface area contributed by atoms with E-state index < -0.39 is 16.4 Å². The van der Waals surface area contributed by atoms with Crippen molar-refractivity contribution in [1.29, 1.82) is 0 Å². The molecule has 0 aliphatic heterocycles. The molecule has 1 amide bonds. The molecule has 1 N–H and O–H groups in total. The number of nitro groups is 1. The maximum Gasteiger partial charge on any atom is 0.285 e. The van der Waals surface area contributed by atoms with E-state index in [1.807, 2.05) is 0 Å². The van der Waals surface area contributed by atoms with Gasteiger partial charge in [-0.3, -0.25) is 24.3 Å². The molecule has 2 heterocycles. The summed E-state index contributed by atoms with van der Waals surface area (Å²) in [6, 6.07) is 5.21.